The van der Waals surface area contributed by atoms with Crippen LogP contribution in [0, 0.1) is 18.2 Å². The van der Waals surface area contributed by atoms with E-state index >= 15 is 0 Å². The van der Waals surface area contributed by atoms with E-state index in [9.17, 15) is 19.1 Å². The molecule has 0 saturated heterocycles. The van der Waals surface area contributed by atoms with Crippen molar-refractivity contribution < 1.29 is 23.8 Å². The Bertz CT molecular complexity index is 1390. The Morgan fingerprint density at radius 2 is 1.36 bits per heavy atom. The minimum Gasteiger partial charge on any atom is -0.460 e. The predicted molar refractivity (Wildman–Crippen MR) is 247 cm³/mol. The zero-order valence-electron chi connectivity index (χ0n) is 37.4. The first-order valence-corrected chi connectivity index (χ1v) is 19.8. The van der Waals surface area contributed by atoms with E-state index in [2.05, 4.69) is 49.6 Å². The fourth-order valence-electron chi connectivity index (χ4n) is 4.90. The molecule has 0 aliphatic rings. The van der Waals surface area contributed by atoms with Crippen molar-refractivity contribution in [3.63, 3.8) is 0 Å². The molecular formula is C49H83FN2O4. The number of carbonyl (C=O) groups is 2. The van der Waals surface area contributed by atoms with E-state index in [0.29, 0.717) is 44.2 Å². The highest BCUT2D eigenvalue weighted by molar-refractivity contribution is 5.97. The summed E-state index contributed by atoms with van der Waals surface area (Å²) in [6.07, 6.45) is 11.2. The highest BCUT2D eigenvalue weighted by Gasteiger charge is 2.26. The predicted octanol–water partition coefficient (Wildman–Crippen LogP) is 13.9. The molecule has 1 aromatic heterocycles. The lowest BCUT2D eigenvalue weighted by Gasteiger charge is -2.20. The van der Waals surface area contributed by atoms with Gasteiger partial charge < -0.3 is 20.1 Å². The third-order valence-electron chi connectivity index (χ3n) is 6.46. The highest BCUT2D eigenvalue weighted by Crippen LogP contribution is 2.41. The van der Waals surface area contributed by atoms with Gasteiger partial charge in [-0.15, -0.1) is 25.5 Å². The van der Waals surface area contributed by atoms with Crippen LogP contribution in [0.3, 0.4) is 0 Å². The number of ether oxygens (including phenoxy) is 1. The number of benzene rings is 2. The summed E-state index contributed by atoms with van der Waals surface area (Å²) < 4.78 is 21.3. The quantitative estimate of drug-likeness (QED) is 0.0627. The number of nitrogens with two attached hydrogens (primary N) is 1. The van der Waals surface area contributed by atoms with Crippen molar-refractivity contribution in [3.05, 3.63) is 97.0 Å². The molecule has 0 saturated carbocycles. The summed E-state index contributed by atoms with van der Waals surface area (Å²) in [5.74, 6) is 1.76. The lowest BCUT2D eigenvalue weighted by Crippen LogP contribution is -2.23. The minimum absolute atomic E-state index is 0. The summed E-state index contributed by atoms with van der Waals surface area (Å²) in [7, 11) is 1.50. The number of esters is 1. The van der Waals surface area contributed by atoms with Gasteiger partial charge in [-0.05, 0) is 109 Å². The van der Waals surface area contributed by atoms with Crippen LogP contribution in [0.1, 0.15) is 158 Å². The van der Waals surface area contributed by atoms with E-state index in [1.165, 1.54) is 19.2 Å². The van der Waals surface area contributed by atoms with Crippen LogP contribution in [-0.4, -0.2) is 40.7 Å². The maximum absolute atomic E-state index is 13.8. The highest BCUT2D eigenvalue weighted by atomic mass is 19.1. The van der Waals surface area contributed by atoms with Gasteiger partial charge in [0.15, 0.2) is 6.29 Å². The Kier molecular flexibility index (Phi) is 47.7. The Labute approximate surface area is 344 Å². The number of rotatable bonds is 12. The summed E-state index contributed by atoms with van der Waals surface area (Å²) in [5, 5.41) is 10.8. The van der Waals surface area contributed by atoms with Crippen molar-refractivity contribution in [1.29, 1.82) is 0 Å². The first kappa shape index (κ1) is 63.7. The van der Waals surface area contributed by atoms with E-state index in [1.54, 1.807) is 31.2 Å². The fourth-order valence-corrected chi connectivity index (χ4v) is 4.90. The topological polar surface area (TPSA) is 94.5 Å². The number of nitrogens with zero attached hydrogens (tertiary/aromatic N) is 1. The van der Waals surface area contributed by atoms with Crippen molar-refractivity contribution in [2.45, 2.75) is 161 Å². The van der Waals surface area contributed by atoms with Gasteiger partial charge in [0.1, 0.15) is 11.4 Å². The summed E-state index contributed by atoms with van der Waals surface area (Å²) in [6, 6.07) is 16.1. The average Bonchev–Trinajstić information content (AvgIpc) is 3.51. The van der Waals surface area contributed by atoms with Crippen molar-refractivity contribution >= 4 is 12.3 Å². The number of terminal acetylenes is 1. The molecule has 320 valence electrons. The first-order valence-electron chi connectivity index (χ1n) is 19.8. The van der Waals surface area contributed by atoms with Crippen LogP contribution < -0.4 is 5.73 Å². The summed E-state index contributed by atoms with van der Waals surface area (Å²) >= 11 is 0. The van der Waals surface area contributed by atoms with E-state index < -0.39 is 11.7 Å². The second kappa shape index (κ2) is 41.9. The van der Waals surface area contributed by atoms with E-state index in [-0.39, 0.29) is 25.1 Å². The fraction of sp³-hybridized carbons (Fsp3) is 0.510. The summed E-state index contributed by atoms with van der Waals surface area (Å²) in [5.41, 5.74) is 8.92. The maximum atomic E-state index is 13.8. The molecule has 0 fully saturated rings. The number of hydrogen-bond donors (Lipinski definition) is 2. The number of aliphatic hydroxyl groups excluding tert-OH is 1. The van der Waals surface area contributed by atoms with Gasteiger partial charge in [-0.25, -0.2) is 4.39 Å². The van der Waals surface area contributed by atoms with Crippen molar-refractivity contribution in [1.82, 2.24) is 4.57 Å². The Morgan fingerprint density at radius 3 is 1.75 bits per heavy atom. The number of aliphatic hydroxyl groups is 1. The summed E-state index contributed by atoms with van der Waals surface area (Å²) in [6.45, 7) is 34.3. The van der Waals surface area contributed by atoms with Crippen LogP contribution in [-0.2, 0) is 16.1 Å². The number of allylic oxidation sites excluding steroid dienone is 2. The van der Waals surface area contributed by atoms with E-state index in [4.69, 9.17) is 4.74 Å². The Morgan fingerprint density at radius 1 is 0.911 bits per heavy atom. The van der Waals surface area contributed by atoms with E-state index in [1.807, 2.05) is 106 Å². The monoisotopic (exact) mass is 783 g/mol. The minimum atomic E-state index is -0.558. The van der Waals surface area contributed by atoms with Gasteiger partial charge >= 0.3 is 5.97 Å². The lowest BCUT2D eigenvalue weighted by molar-refractivity contribution is -0.154. The molecule has 0 radical (unpaired) electrons. The molecule has 1 heterocycles. The number of hydrogen-bond acceptors (Lipinski definition) is 5. The van der Waals surface area contributed by atoms with Crippen LogP contribution in [0.25, 0.3) is 22.4 Å². The second-order valence-corrected chi connectivity index (χ2v) is 12.2. The van der Waals surface area contributed by atoms with Gasteiger partial charge in [-0.2, -0.15) is 0 Å². The van der Waals surface area contributed by atoms with Crippen LogP contribution in [0.2, 0.25) is 0 Å². The smallest absolute Gasteiger partial charge is 0.306 e. The third kappa shape index (κ3) is 28.2. The number of unbranched alkanes of at least 4 members (excludes halogenated alkanes) is 1. The normalized spacial score (nSPS) is 9.54. The van der Waals surface area contributed by atoms with Crippen molar-refractivity contribution in [2.24, 2.45) is 5.73 Å². The molecule has 0 spiro atoms. The van der Waals surface area contributed by atoms with Gasteiger partial charge in [0.2, 0.25) is 0 Å². The van der Waals surface area contributed by atoms with Crippen LogP contribution >= 0.6 is 0 Å². The van der Waals surface area contributed by atoms with Crippen molar-refractivity contribution in [2.75, 3.05) is 7.05 Å². The SMILES string of the molecule is C.C#CC.C=CC.C=CC.CC.CC.CC.CC(C)c1c(C=O)c(-c2ccccc2)c(-c2ccc(F)cc2)n1CCC(O)CCCCC(=O)OC(C)(C)C.CN. The van der Waals surface area contributed by atoms with Crippen LogP contribution in [0.4, 0.5) is 4.39 Å². The number of aromatic nitrogens is 1. The number of carbonyl (C=O) groups excluding carboxylic acids is 2. The molecule has 3 aromatic rings. The van der Waals surface area contributed by atoms with Crippen molar-refractivity contribution in [3.8, 4) is 34.7 Å². The van der Waals surface area contributed by atoms with Gasteiger partial charge in [-0.3, -0.25) is 9.59 Å². The standard InChI is InChI=1S/C32H40FNO4.2C3H6.C3H4.3C2H6.CH5N.CH4/c1-22(2)30-27(21-35)29(23-11-7-6-8-12-23)31(24-15-17-25(33)18-16-24)34(30)20-19-26(36)13-9-10-14-28(37)38-32(3,4)5;3*1-3-2;4*1-2;/h6-8,11-12,15-18,21-22,26,36H,9-10,13-14,19-20H2,1-5H3;2*3H,1H2,2H3;1H,2H3;3*1-2H3;2H2,1H3;1H4. The first-order chi connectivity index (χ1) is 26.3. The molecule has 0 aliphatic heterocycles. The molecule has 0 bridgehead atoms. The van der Waals surface area contributed by atoms with Gasteiger partial charge in [0.05, 0.1) is 11.8 Å². The lowest BCUT2D eigenvalue weighted by atomic mass is 9.96. The third-order valence-corrected chi connectivity index (χ3v) is 6.46. The molecular weight excluding hydrogens is 700 g/mol. The Balaban J connectivity index is -0.000000301. The Hall–Kier alpha value is -4.25. The second-order valence-electron chi connectivity index (χ2n) is 12.2. The maximum Gasteiger partial charge on any atom is 0.306 e. The van der Waals surface area contributed by atoms with Crippen LogP contribution in [0.15, 0.2) is 79.9 Å². The van der Waals surface area contributed by atoms with Gasteiger partial charge in [-0.1, -0.05) is 112 Å². The molecule has 1 atom stereocenters. The molecule has 3 N–H and O–H groups in total. The van der Waals surface area contributed by atoms with Crippen LogP contribution in [0.5, 0.6) is 0 Å². The molecule has 1 unspecified atom stereocenters. The van der Waals surface area contributed by atoms with E-state index in [0.717, 1.165) is 34.4 Å². The number of halogens is 1. The molecule has 7 heteroatoms. The largest absolute Gasteiger partial charge is 0.460 e. The molecule has 6 nitrogen and oxygen atoms in total. The molecule has 3 rings (SSSR count). The molecule has 2 aromatic carbocycles. The van der Waals surface area contributed by atoms with Gasteiger partial charge in [0.25, 0.3) is 0 Å². The average molecular weight is 783 g/mol. The van der Waals surface area contributed by atoms with Gasteiger partial charge in [0, 0.05) is 29.8 Å². The molecule has 0 aliphatic carbocycles. The summed E-state index contributed by atoms with van der Waals surface area (Å²) in [4.78, 5) is 24.4. The number of aldehydes is 1. The zero-order chi connectivity index (χ0) is 44.0. The zero-order valence-corrected chi connectivity index (χ0v) is 37.4. The molecule has 56 heavy (non-hydrogen) atoms. The molecule has 0 amide bonds.